The molecule has 3 heterocycles. The highest BCUT2D eigenvalue weighted by Gasteiger charge is 2.18. The molecule has 0 spiro atoms. The summed E-state index contributed by atoms with van der Waals surface area (Å²) < 4.78 is 0. The van der Waals surface area contributed by atoms with Gasteiger partial charge in [0.15, 0.2) is 0 Å². The zero-order valence-corrected chi connectivity index (χ0v) is 19.7. The molecule has 174 valence electrons. The second-order valence-electron chi connectivity index (χ2n) is 8.67. The fourth-order valence-corrected chi connectivity index (χ4v) is 4.36. The van der Waals surface area contributed by atoms with E-state index in [0.717, 1.165) is 33.4 Å². The van der Waals surface area contributed by atoms with Crippen LogP contribution < -0.4 is 0 Å². The first-order valence-electron chi connectivity index (χ1n) is 11.7. The van der Waals surface area contributed by atoms with Crippen LogP contribution in [0.15, 0.2) is 91.8 Å². The van der Waals surface area contributed by atoms with E-state index < -0.39 is 0 Å². The van der Waals surface area contributed by atoms with E-state index in [9.17, 15) is 15.8 Å². The summed E-state index contributed by atoms with van der Waals surface area (Å²) in [6, 6.07) is 24.6. The van der Waals surface area contributed by atoms with E-state index in [4.69, 9.17) is 0 Å². The van der Waals surface area contributed by atoms with Crippen LogP contribution in [0.2, 0.25) is 0 Å². The summed E-state index contributed by atoms with van der Waals surface area (Å²) in [5.74, 6) is -1.05. The summed E-state index contributed by atoms with van der Waals surface area (Å²) in [5.41, 5.74) is 5.56. The quantitative estimate of drug-likeness (QED) is 0.324. The molecule has 3 atom stereocenters. The molecule has 36 heavy (non-hydrogen) atoms. The Kier molecular flexibility index (Phi) is 8.10. The molecule has 6 nitrogen and oxygen atoms in total. The van der Waals surface area contributed by atoms with Gasteiger partial charge in [-0.1, -0.05) is 36.4 Å². The number of nitriles is 3. The largest absolute Gasteiger partial charge is 0.264 e. The molecule has 0 saturated carbocycles. The smallest absolute Gasteiger partial charge is 0.0767 e. The fraction of sp³-hybridized carbons (Fsp3) is 0.200. The van der Waals surface area contributed by atoms with Gasteiger partial charge in [0.2, 0.25) is 0 Å². The third-order valence-corrected chi connectivity index (χ3v) is 6.16. The first kappa shape index (κ1) is 24.3. The molecule has 4 rings (SSSR count). The molecular formula is C30H24N6. The predicted molar refractivity (Wildman–Crippen MR) is 135 cm³/mol. The van der Waals surface area contributed by atoms with E-state index in [2.05, 4.69) is 51.4 Å². The summed E-state index contributed by atoms with van der Waals surface area (Å²) in [4.78, 5) is 12.5. The molecule has 0 N–H and O–H groups in total. The highest BCUT2D eigenvalue weighted by Crippen LogP contribution is 2.27. The standard InChI is InChI=1S/C30H24N6/c31-16-28(25-4-1-7-34-19-25)13-22-10-23(14-29(17-32)26-5-2-8-35-20-26)12-24(11-22)15-30(18-33)27-6-3-9-36-21-27/h1-12,19-21,28-30H,13-15H2. The van der Waals surface area contributed by atoms with Crippen LogP contribution in [0.5, 0.6) is 0 Å². The molecule has 0 saturated heterocycles. The predicted octanol–water partition coefficient (Wildman–Crippen LogP) is 5.42. The highest BCUT2D eigenvalue weighted by atomic mass is 14.6. The van der Waals surface area contributed by atoms with Crippen LogP contribution in [-0.2, 0) is 19.3 Å². The lowest BCUT2D eigenvalue weighted by Crippen LogP contribution is -2.07. The van der Waals surface area contributed by atoms with Crippen LogP contribution in [0.3, 0.4) is 0 Å². The second-order valence-corrected chi connectivity index (χ2v) is 8.67. The number of pyridine rings is 3. The molecule has 4 aromatic rings. The van der Waals surface area contributed by atoms with Crippen LogP contribution in [0.25, 0.3) is 0 Å². The van der Waals surface area contributed by atoms with Crippen LogP contribution in [-0.4, -0.2) is 15.0 Å². The van der Waals surface area contributed by atoms with Gasteiger partial charge in [-0.3, -0.25) is 15.0 Å². The monoisotopic (exact) mass is 468 g/mol. The van der Waals surface area contributed by atoms with Crippen LogP contribution in [0, 0.1) is 34.0 Å². The van der Waals surface area contributed by atoms with Crippen molar-refractivity contribution in [2.45, 2.75) is 37.0 Å². The molecule has 0 radical (unpaired) electrons. The Morgan fingerprint density at radius 1 is 0.528 bits per heavy atom. The van der Waals surface area contributed by atoms with Crippen molar-refractivity contribution in [2.75, 3.05) is 0 Å². The van der Waals surface area contributed by atoms with Crippen molar-refractivity contribution in [1.29, 1.82) is 15.8 Å². The number of benzene rings is 1. The summed E-state index contributed by atoms with van der Waals surface area (Å²) in [7, 11) is 0. The van der Waals surface area contributed by atoms with Gasteiger partial charge in [-0.2, -0.15) is 15.8 Å². The van der Waals surface area contributed by atoms with Crippen molar-refractivity contribution in [1.82, 2.24) is 15.0 Å². The van der Waals surface area contributed by atoms with Crippen molar-refractivity contribution in [3.05, 3.63) is 125 Å². The third-order valence-electron chi connectivity index (χ3n) is 6.16. The lowest BCUT2D eigenvalue weighted by atomic mass is 9.87. The summed E-state index contributed by atoms with van der Waals surface area (Å²) in [6.45, 7) is 0. The van der Waals surface area contributed by atoms with E-state index in [1.807, 2.05) is 36.4 Å². The molecule has 0 amide bonds. The van der Waals surface area contributed by atoms with Gasteiger partial charge in [0.1, 0.15) is 0 Å². The van der Waals surface area contributed by atoms with Gasteiger partial charge >= 0.3 is 0 Å². The summed E-state index contributed by atoms with van der Waals surface area (Å²) in [5, 5.41) is 29.6. The minimum atomic E-state index is -0.350. The first-order chi connectivity index (χ1) is 17.7. The Balaban J connectivity index is 1.67. The molecule has 1 aromatic carbocycles. The minimum Gasteiger partial charge on any atom is -0.264 e. The maximum Gasteiger partial charge on any atom is 0.0767 e. The van der Waals surface area contributed by atoms with Crippen molar-refractivity contribution in [3.63, 3.8) is 0 Å². The number of hydrogen-bond acceptors (Lipinski definition) is 6. The van der Waals surface area contributed by atoms with Gasteiger partial charge in [0.25, 0.3) is 0 Å². The first-order valence-corrected chi connectivity index (χ1v) is 11.7. The minimum absolute atomic E-state index is 0.350. The van der Waals surface area contributed by atoms with E-state index >= 15 is 0 Å². The Morgan fingerprint density at radius 2 is 0.833 bits per heavy atom. The maximum atomic E-state index is 9.87. The lowest BCUT2D eigenvalue weighted by Gasteiger charge is -2.16. The van der Waals surface area contributed by atoms with Crippen LogP contribution in [0.1, 0.15) is 51.1 Å². The SMILES string of the molecule is N#CC(Cc1cc(CC(C#N)c2cccnc2)cc(CC(C#N)c2cccnc2)c1)c1cccnc1. The topological polar surface area (TPSA) is 110 Å². The Morgan fingerprint density at radius 3 is 1.06 bits per heavy atom. The normalized spacial score (nSPS) is 12.9. The van der Waals surface area contributed by atoms with Gasteiger partial charge in [-0.05, 0) is 70.8 Å². The van der Waals surface area contributed by atoms with Crippen molar-refractivity contribution in [3.8, 4) is 18.2 Å². The second kappa shape index (κ2) is 12.0. The third kappa shape index (κ3) is 6.17. The van der Waals surface area contributed by atoms with Gasteiger partial charge in [-0.25, -0.2) is 0 Å². The number of rotatable bonds is 9. The fourth-order valence-electron chi connectivity index (χ4n) is 4.36. The van der Waals surface area contributed by atoms with Crippen molar-refractivity contribution >= 4 is 0 Å². The lowest BCUT2D eigenvalue weighted by molar-refractivity contribution is 0.804. The molecule has 3 aromatic heterocycles. The van der Waals surface area contributed by atoms with E-state index in [0.29, 0.717) is 19.3 Å². The Bertz CT molecular complexity index is 1210. The average molecular weight is 469 g/mol. The number of nitrogens with zero attached hydrogens (tertiary/aromatic N) is 6. The van der Waals surface area contributed by atoms with Gasteiger partial charge in [-0.15, -0.1) is 0 Å². The van der Waals surface area contributed by atoms with Crippen LogP contribution >= 0.6 is 0 Å². The van der Waals surface area contributed by atoms with Gasteiger partial charge in [0, 0.05) is 37.2 Å². The highest BCUT2D eigenvalue weighted by molar-refractivity contribution is 5.38. The van der Waals surface area contributed by atoms with Crippen LogP contribution in [0.4, 0.5) is 0 Å². The van der Waals surface area contributed by atoms with Crippen molar-refractivity contribution in [2.24, 2.45) is 0 Å². The summed E-state index contributed by atoms with van der Waals surface area (Å²) >= 11 is 0. The number of aromatic nitrogens is 3. The average Bonchev–Trinajstić information content (AvgIpc) is 2.94. The van der Waals surface area contributed by atoms with Gasteiger partial charge in [0.05, 0.1) is 36.0 Å². The molecule has 0 fully saturated rings. The zero-order chi connectivity index (χ0) is 25.2. The van der Waals surface area contributed by atoms with Gasteiger partial charge < -0.3 is 0 Å². The zero-order valence-electron chi connectivity index (χ0n) is 19.7. The molecule has 0 aliphatic heterocycles. The van der Waals surface area contributed by atoms with E-state index in [-0.39, 0.29) is 17.8 Å². The van der Waals surface area contributed by atoms with E-state index in [1.54, 1.807) is 37.2 Å². The number of hydrogen-bond donors (Lipinski definition) is 0. The molecule has 6 heteroatoms. The molecule has 3 unspecified atom stereocenters. The molecule has 0 bridgehead atoms. The molecule has 0 aliphatic rings. The summed E-state index contributed by atoms with van der Waals surface area (Å²) in [6.07, 6.45) is 11.8. The Hall–Kier alpha value is -4.86. The van der Waals surface area contributed by atoms with Crippen molar-refractivity contribution < 1.29 is 0 Å². The van der Waals surface area contributed by atoms with E-state index in [1.165, 1.54) is 0 Å². The molecular weight excluding hydrogens is 444 g/mol. The maximum absolute atomic E-state index is 9.87. The Labute approximate surface area is 211 Å². The molecule has 0 aliphatic carbocycles.